The number of anilines is 1. The van der Waals surface area contributed by atoms with E-state index in [0.29, 0.717) is 22.0 Å². The van der Waals surface area contributed by atoms with Gasteiger partial charge in [0.15, 0.2) is 0 Å². The Balaban J connectivity index is 2.48. The highest BCUT2D eigenvalue weighted by atomic mass is 35.5. The quantitative estimate of drug-likeness (QED) is 0.729. The number of benzene rings is 1. The summed E-state index contributed by atoms with van der Waals surface area (Å²) in [6.07, 6.45) is 1.27. The lowest BCUT2D eigenvalue weighted by Gasteiger charge is -2.08. The maximum absolute atomic E-state index is 11.2. The van der Waals surface area contributed by atoms with Gasteiger partial charge in [-0.25, -0.2) is 15.1 Å². The molecule has 2 aromatic rings. The van der Waals surface area contributed by atoms with Crippen LogP contribution in [0.1, 0.15) is 18.1 Å². The van der Waals surface area contributed by atoms with Crippen molar-refractivity contribution in [2.24, 2.45) is 0 Å². The van der Waals surface area contributed by atoms with Gasteiger partial charge >= 0.3 is 5.91 Å². The first-order chi connectivity index (χ1) is 9.49. The minimum absolute atomic E-state index is 0.146. The van der Waals surface area contributed by atoms with Crippen molar-refractivity contribution < 1.29 is 10.1 Å². The van der Waals surface area contributed by atoms with E-state index in [-0.39, 0.29) is 17.4 Å². The van der Waals surface area contributed by atoms with Crippen molar-refractivity contribution in [3.05, 3.63) is 46.7 Å². The number of carbonyl (C=O) groups excluding carboxylic acids is 1. The van der Waals surface area contributed by atoms with Gasteiger partial charge in [0.1, 0.15) is 17.7 Å². The van der Waals surface area contributed by atoms with E-state index in [9.17, 15) is 4.79 Å². The van der Waals surface area contributed by atoms with Gasteiger partial charge in [0.2, 0.25) is 5.82 Å². The van der Waals surface area contributed by atoms with E-state index >= 15 is 0 Å². The molecule has 0 atom stereocenters. The molecule has 20 heavy (non-hydrogen) atoms. The fourth-order valence-corrected chi connectivity index (χ4v) is 1.86. The van der Waals surface area contributed by atoms with Crippen LogP contribution in [0.5, 0.6) is 0 Å². The SMILES string of the molecule is CC(=O)[NH2+]c1ncnc(N)c1C(=N)c1ccc(Cl)cc1. The van der Waals surface area contributed by atoms with E-state index in [1.807, 2.05) is 0 Å². The molecule has 5 N–H and O–H groups in total. The number of quaternary nitrogens is 1. The normalized spacial score (nSPS) is 10.3. The Morgan fingerprint density at radius 1 is 1.30 bits per heavy atom. The number of primary amides is 1. The smallest absolute Gasteiger partial charge is 0.313 e. The molecule has 0 spiro atoms. The Morgan fingerprint density at radius 3 is 2.55 bits per heavy atom. The maximum atomic E-state index is 11.2. The van der Waals surface area contributed by atoms with Crippen molar-refractivity contribution in [2.75, 3.05) is 5.73 Å². The zero-order valence-corrected chi connectivity index (χ0v) is 11.5. The molecular weight excluding hydrogens is 278 g/mol. The van der Waals surface area contributed by atoms with Crippen molar-refractivity contribution in [3.63, 3.8) is 0 Å². The Hall–Kier alpha value is -2.31. The minimum atomic E-state index is -0.173. The fraction of sp³-hybridized carbons (Fsp3) is 0.0769. The third kappa shape index (κ3) is 2.98. The Bertz CT molecular complexity index is 669. The maximum Gasteiger partial charge on any atom is 0.313 e. The molecule has 1 aromatic heterocycles. The molecule has 0 aliphatic rings. The molecule has 0 fully saturated rings. The second kappa shape index (κ2) is 5.77. The molecule has 0 aliphatic heterocycles. The highest BCUT2D eigenvalue weighted by Crippen LogP contribution is 2.19. The molecule has 0 unspecified atom stereocenters. The summed E-state index contributed by atoms with van der Waals surface area (Å²) >= 11 is 5.82. The zero-order chi connectivity index (χ0) is 14.7. The highest BCUT2D eigenvalue weighted by Gasteiger charge is 2.20. The van der Waals surface area contributed by atoms with Gasteiger partial charge in [-0.05, 0) is 12.1 Å². The number of rotatable bonds is 3. The number of hydrogen-bond acceptors (Lipinski definition) is 5. The first kappa shape index (κ1) is 14.1. The monoisotopic (exact) mass is 290 g/mol. The van der Waals surface area contributed by atoms with Crippen molar-refractivity contribution in [1.82, 2.24) is 9.97 Å². The summed E-state index contributed by atoms with van der Waals surface area (Å²) in [4.78, 5) is 19.1. The largest absolute Gasteiger partial charge is 0.383 e. The van der Waals surface area contributed by atoms with Gasteiger partial charge in [0.25, 0.3) is 0 Å². The summed E-state index contributed by atoms with van der Waals surface area (Å²) in [7, 11) is 0. The predicted molar refractivity (Wildman–Crippen MR) is 76.1 cm³/mol. The van der Waals surface area contributed by atoms with Crippen LogP contribution in [0.2, 0.25) is 5.02 Å². The summed E-state index contributed by atoms with van der Waals surface area (Å²) in [5, 5.41) is 10.1. The van der Waals surface area contributed by atoms with E-state index in [2.05, 4.69) is 9.97 Å². The number of nitrogen functional groups attached to an aromatic ring is 1. The van der Waals surface area contributed by atoms with Gasteiger partial charge in [-0.3, -0.25) is 5.41 Å². The molecule has 6 nitrogen and oxygen atoms in total. The summed E-state index contributed by atoms with van der Waals surface area (Å²) in [5.41, 5.74) is 6.92. The third-order valence-corrected chi connectivity index (χ3v) is 2.88. The van der Waals surface area contributed by atoms with Crippen LogP contribution in [0.25, 0.3) is 0 Å². The Labute approximate surface area is 120 Å². The van der Waals surface area contributed by atoms with Gasteiger partial charge in [-0.1, -0.05) is 23.7 Å². The summed E-state index contributed by atoms with van der Waals surface area (Å²) in [6, 6.07) is 6.77. The number of nitrogens with two attached hydrogens (primary N) is 2. The minimum Gasteiger partial charge on any atom is -0.383 e. The van der Waals surface area contributed by atoms with E-state index in [0.717, 1.165) is 0 Å². The van der Waals surface area contributed by atoms with Gasteiger partial charge in [0.05, 0.1) is 12.6 Å². The van der Waals surface area contributed by atoms with Crippen LogP contribution in [0.15, 0.2) is 30.6 Å². The highest BCUT2D eigenvalue weighted by molar-refractivity contribution is 6.30. The topological polar surface area (TPSA) is 109 Å². The van der Waals surface area contributed by atoms with Crippen molar-refractivity contribution in [1.29, 1.82) is 5.41 Å². The second-order valence-corrected chi connectivity index (χ2v) is 4.59. The zero-order valence-electron chi connectivity index (χ0n) is 10.7. The Kier molecular flexibility index (Phi) is 4.07. The first-order valence-electron chi connectivity index (χ1n) is 5.79. The van der Waals surface area contributed by atoms with Crippen LogP contribution < -0.4 is 11.1 Å². The standard InChI is InChI=1S/C13H12ClN5O/c1-7(20)19-13-10(12(16)17-6-18-13)11(15)8-2-4-9(14)5-3-8/h2-6,15H,1H3,(H3,16,17,18,19,20)/p+1. The number of aromatic nitrogens is 2. The number of nitrogens with one attached hydrogen (secondary N) is 1. The lowest BCUT2D eigenvalue weighted by atomic mass is 10.0. The summed E-state index contributed by atoms with van der Waals surface area (Å²) in [6.45, 7) is 1.41. The summed E-state index contributed by atoms with van der Waals surface area (Å²) < 4.78 is 0. The number of carbonyl (C=O) groups is 1. The van der Waals surface area contributed by atoms with Gasteiger partial charge < -0.3 is 5.73 Å². The molecule has 1 heterocycles. The average Bonchev–Trinajstić information content (AvgIpc) is 2.38. The molecule has 0 saturated heterocycles. The molecular formula is C13H13ClN5O+. The van der Waals surface area contributed by atoms with Crippen molar-refractivity contribution in [2.45, 2.75) is 6.92 Å². The molecule has 0 bridgehead atoms. The lowest BCUT2D eigenvalue weighted by Crippen LogP contribution is -2.82. The second-order valence-electron chi connectivity index (χ2n) is 4.16. The van der Waals surface area contributed by atoms with Gasteiger partial charge in [-0.2, -0.15) is 4.98 Å². The van der Waals surface area contributed by atoms with Gasteiger partial charge in [0, 0.05) is 10.6 Å². The van der Waals surface area contributed by atoms with E-state index in [4.69, 9.17) is 22.7 Å². The molecule has 1 amide bonds. The van der Waals surface area contributed by atoms with E-state index in [1.54, 1.807) is 24.3 Å². The molecule has 102 valence electrons. The van der Waals surface area contributed by atoms with Crippen molar-refractivity contribution in [3.8, 4) is 0 Å². The fourth-order valence-electron chi connectivity index (χ4n) is 1.73. The van der Waals surface area contributed by atoms with Crippen LogP contribution in [0, 0.1) is 5.41 Å². The third-order valence-electron chi connectivity index (χ3n) is 2.63. The molecule has 0 saturated carbocycles. The van der Waals surface area contributed by atoms with Gasteiger partial charge in [-0.15, -0.1) is 0 Å². The van der Waals surface area contributed by atoms with Crippen LogP contribution in [0.4, 0.5) is 11.6 Å². The Morgan fingerprint density at radius 2 is 1.95 bits per heavy atom. The molecule has 7 heteroatoms. The number of halogens is 1. The molecule has 1 aromatic carbocycles. The molecule has 0 aliphatic carbocycles. The summed E-state index contributed by atoms with van der Waals surface area (Å²) in [5.74, 6) is 0.325. The molecule has 2 rings (SSSR count). The average molecular weight is 291 g/mol. The number of nitrogens with zero attached hydrogens (tertiary/aromatic N) is 2. The lowest BCUT2D eigenvalue weighted by molar-refractivity contribution is -0.485. The van der Waals surface area contributed by atoms with Crippen LogP contribution >= 0.6 is 11.6 Å². The van der Waals surface area contributed by atoms with E-state index < -0.39 is 0 Å². The van der Waals surface area contributed by atoms with Crippen LogP contribution in [-0.2, 0) is 4.79 Å². The predicted octanol–water partition coefficient (Wildman–Crippen LogP) is 0.870. The first-order valence-corrected chi connectivity index (χ1v) is 6.17. The number of hydrogen-bond donors (Lipinski definition) is 3. The number of amides is 1. The molecule has 0 radical (unpaired) electrons. The van der Waals surface area contributed by atoms with Crippen LogP contribution in [-0.4, -0.2) is 21.6 Å². The van der Waals surface area contributed by atoms with Crippen molar-refractivity contribution >= 4 is 34.9 Å². The van der Waals surface area contributed by atoms with E-state index in [1.165, 1.54) is 18.6 Å². The van der Waals surface area contributed by atoms with Crippen LogP contribution in [0.3, 0.4) is 0 Å².